The predicted molar refractivity (Wildman–Crippen MR) is 58.5 cm³/mol. The van der Waals surface area contributed by atoms with E-state index in [1.165, 1.54) is 11.3 Å². The van der Waals surface area contributed by atoms with Crippen molar-refractivity contribution in [1.82, 2.24) is 0 Å². The topological polar surface area (TPSA) is 26.3 Å². The monoisotopic (exact) mass is 206 g/mol. The number of aryl methyl sites for hydroxylation is 1. The maximum absolute atomic E-state index is 10.8. The van der Waals surface area contributed by atoms with Gasteiger partial charge in [-0.2, -0.15) is 0 Å². The Bertz CT molecular complexity index is 485. The number of thiophene rings is 1. The highest BCUT2D eigenvalue weighted by molar-refractivity contribution is 7.21. The Morgan fingerprint density at radius 3 is 2.79 bits per heavy atom. The maximum atomic E-state index is 10.8. The lowest BCUT2D eigenvalue weighted by Gasteiger charge is -1.96. The number of carbonyl (C=O) groups excluding carboxylic acids is 1. The largest absolute Gasteiger partial charge is 0.487 e. The summed E-state index contributed by atoms with van der Waals surface area (Å²) in [6, 6.07) is 5.91. The highest BCUT2D eigenvalue weighted by atomic mass is 32.1. The lowest BCUT2D eigenvalue weighted by Crippen LogP contribution is -1.81. The maximum Gasteiger partial charge on any atom is 0.174 e. The van der Waals surface area contributed by atoms with Crippen LogP contribution in [0.25, 0.3) is 10.1 Å². The summed E-state index contributed by atoms with van der Waals surface area (Å²) in [5.74, 6) is 0. The molecule has 3 heteroatoms. The molecule has 0 atom stereocenters. The van der Waals surface area contributed by atoms with E-state index in [-0.39, 0.29) is 0 Å². The third kappa shape index (κ3) is 1.40. The molecule has 14 heavy (non-hydrogen) atoms. The number of hydrogen-bond acceptors (Lipinski definition) is 3. The van der Waals surface area contributed by atoms with E-state index < -0.39 is 0 Å². The van der Waals surface area contributed by atoms with Gasteiger partial charge < -0.3 is 4.74 Å². The van der Waals surface area contributed by atoms with E-state index in [2.05, 4.69) is 6.07 Å². The van der Waals surface area contributed by atoms with E-state index in [4.69, 9.17) is 4.74 Å². The molecule has 0 fully saturated rings. The molecule has 0 aliphatic carbocycles. The normalized spacial score (nSPS) is 10.4. The van der Waals surface area contributed by atoms with Crippen molar-refractivity contribution >= 4 is 27.7 Å². The Kier molecular flexibility index (Phi) is 2.25. The summed E-state index contributed by atoms with van der Waals surface area (Å²) >= 11 is 1.50. The van der Waals surface area contributed by atoms with Crippen LogP contribution in [-0.2, 0) is 0 Å². The third-order valence-electron chi connectivity index (χ3n) is 2.09. The van der Waals surface area contributed by atoms with Crippen LogP contribution >= 0.6 is 11.3 Å². The molecule has 0 N–H and O–H groups in total. The van der Waals surface area contributed by atoms with Crippen molar-refractivity contribution in [3.05, 3.63) is 29.3 Å². The lowest BCUT2D eigenvalue weighted by molar-refractivity contribution is 0.112. The molecule has 0 aliphatic heterocycles. The van der Waals surface area contributed by atoms with Gasteiger partial charge in [-0.15, -0.1) is 0 Å². The van der Waals surface area contributed by atoms with Crippen molar-refractivity contribution in [1.29, 1.82) is 0 Å². The van der Waals surface area contributed by atoms with Gasteiger partial charge in [-0.3, -0.25) is 4.79 Å². The Labute approximate surface area is 86.1 Å². The van der Waals surface area contributed by atoms with E-state index in [0.29, 0.717) is 0 Å². The summed E-state index contributed by atoms with van der Waals surface area (Å²) in [7, 11) is 1.64. The number of aldehydes is 1. The first kappa shape index (κ1) is 9.21. The van der Waals surface area contributed by atoms with Crippen LogP contribution in [0, 0.1) is 6.92 Å². The second-order valence-corrected chi connectivity index (χ2v) is 4.17. The summed E-state index contributed by atoms with van der Waals surface area (Å²) in [6.07, 6.45) is 0.894. The first-order chi connectivity index (χ1) is 6.74. The second-order valence-electron chi connectivity index (χ2n) is 3.16. The van der Waals surface area contributed by atoms with Crippen LogP contribution in [0.2, 0.25) is 0 Å². The standard InChI is InChI=1S/C11H10O2S/c1-7-3-8-5-10(13-2)14-11(8)9(4-7)6-12/h3-6H,1-2H3. The zero-order valence-corrected chi connectivity index (χ0v) is 8.85. The van der Waals surface area contributed by atoms with Gasteiger partial charge in [0.2, 0.25) is 0 Å². The van der Waals surface area contributed by atoms with Crippen molar-refractivity contribution in [3.8, 4) is 5.06 Å². The van der Waals surface area contributed by atoms with Crippen LogP contribution in [0.3, 0.4) is 0 Å². The Hall–Kier alpha value is -1.35. The molecular formula is C11H10O2S. The van der Waals surface area contributed by atoms with Gasteiger partial charge in [0.15, 0.2) is 11.3 Å². The Balaban J connectivity index is 2.77. The predicted octanol–water partition coefficient (Wildman–Crippen LogP) is 3.03. The fourth-order valence-electron chi connectivity index (χ4n) is 1.50. The van der Waals surface area contributed by atoms with Gasteiger partial charge in [0.25, 0.3) is 0 Å². The minimum absolute atomic E-state index is 0.744. The fraction of sp³-hybridized carbons (Fsp3) is 0.182. The Morgan fingerprint density at radius 2 is 2.14 bits per heavy atom. The molecule has 0 radical (unpaired) electrons. The van der Waals surface area contributed by atoms with Gasteiger partial charge in [-0.25, -0.2) is 0 Å². The van der Waals surface area contributed by atoms with Crippen LogP contribution in [0.4, 0.5) is 0 Å². The SMILES string of the molecule is COc1cc2cc(C)cc(C=O)c2s1. The smallest absolute Gasteiger partial charge is 0.174 e. The molecule has 2 nitrogen and oxygen atoms in total. The minimum Gasteiger partial charge on any atom is -0.487 e. The van der Waals surface area contributed by atoms with E-state index >= 15 is 0 Å². The number of hydrogen-bond donors (Lipinski definition) is 0. The summed E-state index contributed by atoms with van der Waals surface area (Å²) in [6.45, 7) is 1.98. The highest BCUT2D eigenvalue weighted by Crippen LogP contribution is 2.33. The molecule has 0 saturated heterocycles. The van der Waals surface area contributed by atoms with Crippen LogP contribution in [-0.4, -0.2) is 13.4 Å². The number of fused-ring (bicyclic) bond motifs is 1. The van der Waals surface area contributed by atoms with Gasteiger partial charge in [0.05, 0.1) is 7.11 Å². The van der Waals surface area contributed by atoms with E-state index in [9.17, 15) is 4.79 Å². The molecule has 72 valence electrons. The summed E-state index contributed by atoms with van der Waals surface area (Å²) < 4.78 is 6.14. The molecule has 2 rings (SSSR count). The fourth-order valence-corrected chi connectivity index (χ4v) is 2.43. The van der Waals surface area contributed by atoms with E-state index in [1.807, 2.05) is 19.1 Å². The van der Waals surface area contributed by atoms with Crippen LogP contribution in [0.5, 0.6) is 5.06 Å². The van der Waals surface area contributed by atoms with E-state index in [0.717, 1.165) is 32.6 Å². The Morgan fingerprint density at radius 1 is 1.36 bits per heavy atom. The minimum atomic E-state index is 0.744. The van der Waals surface area contributed by atoms with Gasteiger partial charge in [-0.1, -0.05) is 17.4 Å². The molecule has 0 bridgehead atoms. The number of carbonyl (C=O) groups is 1. The molecule has 0 spiro atoms. The average molecular weight is 206 g/mol. The molecular weight excluding hydrogens is 196 g/mol. The van der Waals surface area contributed by atoms with Gasteiger partial charge in [0, 0.05) is 10.3 Å². The highest BCUT2D eigenvalue weighted by Gasteiger charge is 2.06. The summed E-state index contributed by atoms with van der Waals surface area (Å²) in [5.41, 5.74) is 1.84. The van der Waals surface area contributed by atoms with Crippen LogP contribution < -0.4 is 4.74 Å². The first-order valence-corrected chi connectivity index (χ1v) is 5.09. The molecule has 1 heterocycles. The zero-order valence-electron chi connectivity index (χ0n) is 8.03. The van der Waals surface area contributed by atoms with Gasteiger partial charge >= 0.3 is 0 Å². The number of methoxy groups -OCH3 is 1. The van der Waals surface area contributed by atoms with Crippen molar-refractivity contribution in [2.75, 3.05) is 7.11 Å². The van der Waals surface area contributed by atoms with Crippen LogP contribution in [0.1, 0.15) is 15.9 Å². The van der Waals surface area contributed by atoms with Crippen LogP contribution in [0.15, 0.2) is 18.2 Å². The average Bonchev–Trinajstić information content (AvgIpc) is 2.59. The molecule has 0 amide bonds. The number of benzene rings is 1. The van der Waals surface area contributed by atoms with Crippen molar-refractivity contribution < 1.29 is 9.53 Å². The lowest BCUT2D eigenvalue weighted by atomic mass is 10.1. The first-order valence-electron chi connectivity index (χ1n) is 4.28. The summed E-state index contributed by atoms with van der Waals surface area (Å²) in [5, 5.41) is 1.92. The third-order valence-corrected chi connectivity index (χ3v) is 3.26. The van der Waals surface area contributed by atoms with Gasteiger partial charge in [0.1, 0.15) is 0 Å². The molecule has 0 aliphatic rings. The molecule has 0 unspecified atom stereocenters. The quantitative estimate of drug-likeness (QED) is 0.706. The molecule has 2 aromatic rings. The van der Waals surface area contributed by atoms with Gasteiger partial charge in [-0.05, 0) is 30.0 Å². The van der Waals surface area contributed by atoms with Crippen molar-refractivity contribution in [2.45, 2.75) is 6.92 Å². The van der Waals surface area contributed by atoms with E-state index in [1.54, 1.807) is 7.11 Å². The molecule has 0 saturated carbocycles. The number of rotatable bonds is 2. The van der Waals surface area contributed by atoms with Crippen molar-refractivity contribution in [3.63, 3.8) is 0 Å². The second kappa shape index (κ2) is 3.42. The molecule has 1 aromatic heterocycles. The summed E-state index contributed by atoms with van der Waals surface area (Å²) in [4.78, 5) is 10.8. The van der Waals surface area contributed by atoms with Crippen molar-refractivity contribution in [2.24, 2.45) is 0 Å². The molecule has 1 aromatic carbocycles. The zero-order chi connectivity index (χ0) is 10.1. The number of ether oxygens (including phenoxy) is 1.